The number of aliphatic hydroxyl groups is 3. The summed E-state index contributed by atoms with van der Waals surface area (Å²) in [5.74, 6) is 0.0506. The van der Waals surface area contributed by atoms with Crippen molar-refractivity contribution >= 4 is 11.2 Å². The Kier molecular flexibility index (Phi) is 2.87. The van der Waals surface area contributed by atoms with Crippen LogP contribution in [-0.4, -0.2) is 59.7 Å². The molecule has 0 bridgehead atoms. The number of rotatable bonds is 2. The minimum absolute atomic E-state index is 0.0506. The Hall–Kier alpha value is -1.81. The molecule has 108 valence electrons. The highest BCUT2D eigenvalue weighted by atomic mass is 16.6. The molecule has 2 aromatic rings. The molecule has 0 unspecified atom stereocenters. The average Bonchev–Trinajstić information content (AvgIpc) is 2.95. The van der Waals surface area contributed by atoms with E-state index in [9.17, 15) is 15.0 Å². The third-order valence-electron chi connectivity index (χ3n) is 3.54. The summed E-state index contributed by atoms with van der Waals surface area (Å²) in [4.78, 5) is 25.0. The maximum Gasteiger partial charge on any atom is 0.277 e. The summed E-state index contributed by atoms with van der Waals surface area (Å²) in [6, 6.07) is 0. The summed E-state index contributed by atoms with van der Waals surface area (Å²) >= 11 is 0. The van der Waals surface area contributed by atoms with Crippen LogP contribution < -0.4 is 5.56 Å². The second-order valence-corrected chi connectivity index (χ2v) is 4.96. The van der Waals surface area contributed by atoms with Gasteiger partial charge in [0.1, 0.15) is 29.7 Å². The highest BCUT2D eigenvalue weighted by molar-refractivity contribution is 5.68. The molecule has 0 saturated carbocycles. The summed E-state index contributed by atoms with van der Waals surface area (Å²) in [5.41, 5.74) is -1.74. The lowest BCUT2D eigenvalue weighted by Gasteiger charge is -2.25. The number of nitrogens with zero attached hydrogens (tertiary/aromatic N) is 2. The number of hydrogen-bond acceptors (Lipinski definition) is 7. The first-order valence-corrected chi connectivity index (χ1v) is 6.05. The lowest BCUT2D eigenvalue weighted by Crippen LogP contribution is -2.43. The Bertz CT molecular complexity index is 693. The maximum atomic E-state index is 11.8. The van der Waals surface area contributed by atoms with Gasteiger partial charge in [-0.3, -0.25) is 4.79 Å². The Morgan fingerprint density at radius 3 is 2.95 bits per heavy atom. The third-order valence-corrected chi connectivity index (χ3v) is 3.54. The zero-order valence-electron chi connectivity index (χ0n) is 10.6. The van der Waals surface area contributed by atoms with Crippen molar-refractivity contribution in [2.45, 2.75) is 30.8 Å². The van der Waals surface area contributed by atoms with Crippen LogP contribution in [0.1, 0.15) is 18.9 Å². The van der Waals surface area contributed by atoms with Gasteiger partial charge < -0.3 is 30.0 Å². The molecule has 1 aliphatic heterocycles. The van der Waals surface area contributed by atoms with Gasteiger partial charge in [-0.25, -0.2) is 9.97 Å². The van der Waals surface area contributed by atoms with Crippen LogP contribution in [-0.2, 0) is 4.74 Å². The molecule has 3 heterocycles. The summed E-state index contributed by atoms with van der Waals surface area (Å²) in [7, 11) is 0. The molecular weight excluding hydrogens is 268 g/mol. The molecule has 0 spiro atoms. The number of hydrogen-bond donors (Lipinski definition) is 5. The van der Waals surface area contributed by atoms with Crippen molar-refractivity contribution in [2.24, 2.45) is 0 Å². The summed E-state index contributed by atoms with van der Waals surface area (Å²) in [6.07, 6.45) is -1.98. The Morgan fingerprint density at radius 1 is 1.55 bits per heavy atom. The molecule has 0 amide bonds. The van der Waals surface area contributed by atoms with Crippen molar-refractivity contribution in [3.63, 3.8) is 0 Å². The molecular formula is C11H14N4O5. The predicted molar refractivity (Wildman–Crippen MR) is 65.8 cm³/mol. The topological polar surface area (TPSA) is 144 Å². The fourth-order valence-corrected chi connectivity index (χ4v) is 2.39. The maximum absolute atomic E-state index is 11.8. The first-order chi connectivity index (χ1) is 9.45. The van der Waals surface area contributed by atoms with Crippen LogP contribution in [0.3, 0.4) is 0 Å². The van der Waals surface area contributed by atoms with Gasteiger partial charge in [-0.1, -0.05) is 0 Å². The van der Waals surface area contributed by atoms with E-state index in [0.29, 0.717) is 0 Å². The molecule has 1 fully saturated rings. The second kappa shape index (κ2) is 4.35. The van der Waals surface area contributed by atoms with Crippen molar-refractivity contribution in [3.05, 3.63) is 22.5 Å². The van der Waals surface area contributed by atoms with Crippen LogP contribution in [0, 0.1) is 0 Å². The minimum Gasteiger partial charge on any atom is -0.394 e. The monoisotopic (exact) mass is 282 g/mol. The molecule has 9 nitrogen and oxygen atoms in total. The minimum atomic E-state index is -1.69. The van der Waals surface area contributed by atoms with E-state index in [4.69, 9.17) is 9.84 Å². The highest BCUT2D eigenvalue weighted by Crippen LogP contribution is 2.39. The average molecular weight is 282 g/mol. The van der Waals surface area contributed by atoms with Crippen LogP contribution in [0.4, 0.5) is 0 Å². The molecule has 0 radical (unpaired) electrons. The molecule has 0 aromatic carbocycles. The van der Waals surface area contributed by atoms with Gasteiger partial charge in [0.25, 0.3) is 5.56 Å². The molecule has 2 aromatic heterocycles. The van der Waals surface area contributed by atoms with Crippen molar-refractivity contribution in [3.8, 4) is 0 Å². The largest absolute Gasteiger partial charge is 0.394 e. The molecule has 1 aliphatic rings. The number of ether oxygens (including phenoxy) is 1. The van der Waals surface area contributed by atoms with E-state index in [2.05, 4.69) is 19.9 Å². The molecule has 0 aliphatic carbocycles. The summed E-state index contributed by atoms with van der Waals surface area (Å²) in [5, 5.41) is 29.4. The first kappa shape index (κ1) is 13.2. The zero-order chi connectivity index (χ0) is 14.5. The summed E-state index contributed by atoms with van der Waals surface area (Å²) < 4.78 is 5.38. The molecule has 3 rings (SSSR count). The number of aromatic nitrogens is 4. The normalized spacial score (nSPS) is 33.9. The Morgan fingerprint density at radius 2 is 2.30 bits per heavy atom. The number of fused-ring (bicyclic) bond motifs is 1. The van der Waals surface area contributed by atoms with Crippen molar-refractivity contribution in [1.82, 2.24) is 19.9 Å². The number of nitrogens with one attached hydrogen (secondary N) is 2. The van der Waals surface area contributed by atoms with Gasteiger partial charge in [0.2, 0.25) is 0 Å². The van der Waals surface area contributed by atoms with Gasteiger partial charge in [-0.2, -0.15) is 0 Å². The van der Waals surface area contributed by atoms with Gasteiger partial charge in [0, 0.05) is 0 Å². The van der Waals surface area contributed by atoms with Gasteiger partial charge in [0.15, 0.2) is 11.2 Å². The fourth-order valence-electron chi connectivity index (χ4n) is 2.39. The van der Waals surface area contributed by atoms with E-state index in [0.717, 1.165) is 0 Å². The molecule has 4 atom stereocenters. The lowest BCUT2D eigenvalue weighted by atomic mass is 9.92. The Labute approximate surface area is 112 Å². The molecule has 9 heteroatoms. The van der Waals surface area contributed by atoms with Crippen LogP contribution in [0.25, 0.3) is 11.2 Å². The number of H-pyrrole nitrogens is 2. The molecule has 5 N–H and O–H groups in total. The van der Waals surface area contributed by atoms with E-state index in [-0.39, 0.29) is 17.0 Å². The molecule has 1 saturated heterocycles. The number of aliphatic hydroxyl groups excluding tert-OH is 2. The molecule has 20 heavy (non-hydrogen) atoms. The second-order valence-electron chi connectivity index (χ2n) is 4.96. The van der Waals surface area contributed by atoms with Crippen molar-refractivity contribution in [2.75, 3.05) is 6.61 Å². The van der Waals surface area contributed by atoms with Gasteiger partial charge in [-0.05, 0) is 6.92 Å². The van der Waals surface area contributed by atoms with Gasteiger partial charge >= 0.3 is 0 Å². The smallest absolute Gasteiger partial charge is 0.277 e. The predicted octanol–water partition coefficient (Wildman–Crippen LogP) is -1.81. The number of aromatic amines is 2. The van der Waals surface area contributed by atoms with E-state index < -0.39 is 36.1 Å². The Balaban J connectivity index is 2.08. The SMILES string of the molecule is C[C@@]1(O)[C@H](O)[C@@H](CO)O[C@H]1c1nc2nc[nH]c2c(=O)[nH]1. The standard InChI is InChI=1S/C11H14N4O5/c1-11(19)6(17)4(2-16)20-7(11)9-14-8-5(10(18)15-9)12-3-13-8/h3-4,6-7,16-17,19H,2H2,1H3,(H2,12,13,14,15,18)/t4-,6-,7+,11-/m1/s1. The number of imidazole rings is 1. The van der Waals surface area contributed by atoms with Crippen molar-refractivity contribution in [1.29, 1.82) is 0 Å². The quantitative estimate of drug-likeness (QED) is 0.436. The summed E-state index contributed by atoms with van der Waals surface area (Å²) in [6.45, 7) is 0.898. The van der Waals surface area contributed by atoms with Crippen LogP contribution in [0.2, 0.25) is 0 Å². The van der Waals surface area contributed by atoms with Crippen LogP contribution in [0.5, 0.6) is 0 Å². The van der Waals surface area contributed by atoms with E-state index in [1.165, 1.54) is 13.3 Å². The van der Waals surface area contributed by atoms with E-state index in [1.807, 2.05) is 0 Å². The van der Waals surface area contributed by atoms with Crippen molar-refractivity contribution < 1.29 is 20.1 Å². The first-order valence-electron chi connectivity index (χ1n) is 6.05. The van der Waals surface area contributed by atoms with E-state index >= 15 is 0 Å². The van der Waals surface area contributed by atoms with Gasteiger partial charge in [-0.15, -0.1) is 0 Å². The van der Waals surface area contributed by atoms with Crippen LogP contribution >= 0.6 is 0 Å². The third kappa shape index (κ3) is 1.75. The fraction of sp³-hybridized carbons (Fsp3) is 0.545. The highest BCUT2D eigenvalue weighted by Gasteiger charge is 2.53. The van der Waals surface area contributed by atoms with E-state index in [1.54, 1.807) is 0 Å². The zero-order valence-corrected chi connectivity index (χ0v) is 10.6. The van der Waals surface area contributed by atoms with Crippen LogP contribution in [0.15, 0.2) is 11.1 Å². The lowest BCUT2D eigenvalue weighted by molar-refractivity contribution is -0.0674. The van der Waals surface area contributed by atoms with Gasteiger partial charge in [0.05, 0.1) is 12.9 Å².